The first-order chi connectivity index (χ1) is 58.5. The summed E-state index contributed by atoms with van der Waals surface area (Å²) in [6, 6.07) is 92.0. The van der Waals surface area contributed by atoms with Crippen LogP contribution >= 0.6 is 0 Å². The third-order valence-electron chi connectivity index (χ3n) is 22.5. The van der Waals surface area contributed by atoms with Gasteiger partial charge in [-0.05, 0) is 160 Å². The van der Waals surface area contributed by atoms with Crippen molar-refractivity contribution in [2.45, 2.75) is 46.0 Å². The average Bonchev–Trinajstić information content (AvgIpc) is 1.61. The normalized spacial score (nSPS) is 14.4. The lowest BCUT2D eigenvalue weighted by Crippen LogP contribution is -2.61. The van der Waals surface area contributed by atoms with Gasteiger partial charge in [-0.3, -0.25) is 0 Å². The van der Waals surface area contributed by atoms with Crippen LogP contribution in [0, 0.1) is 0 Å². The summed E-state index contributed by atoms with van der Waals surface area (Å²) in [4.78, 5) is 4.86. The van der Waals surface area contributed by atoms with Crippen LogP contribution in [0.1, 0.15) is 69.5 Å². The van der Waals surface area contributed by atoms with Crippen LogP contribution in [-0.2, 0) is 5.41 Å². The van der Waals surface area contributed by atoms with Crippen molar-refractivity contribution in [1.29, 1.82) is 0 Å². The molecule has 4 nitrogen and oxygen atoms in total. The highest BCUT2D eigenvalue weighted by Crippen LogP contribution is 2.58. The first-order valence-corrected chi connectivity index (χ1v) is 37.0. The van der Waals surface area contributed by atoms with E-state index in [4.69, 9.17) is 1.37 Å². The Balaban J connectivity index is 1.06. The van der Waals surface area contributed by atoms with Crippen molar-refractivity contribution in [2.24, 2.45) is 0 Å². The van der Waals surface area contributed by atoms with Gasteiger partial charge in [0.2, 0.25) is 0 Å². The first-order valence-electron chi connectivity index (χ1n) is 43.5. The third kappa shape index (κ3) is 9.71. The first kappa shape index (κ1) is 51.1. The second-order valence-corrected chi connectivity index (χ2v) is 29.9. The Morgan fingerprint density at radius 2 is 0.778 bits per heavy atom. The van der Waals surface area contributed by atoms with E-state index in [0.717, 1.165) is 154 Å². The lowest BCUT2D eigenvalue weighted by molar-refractivity contribution is 0.591. The Kier molecular flexibility index (Phi) is 11.7. The summed E-state index contributed by atoms with van der Waals surface area (Å²) >= 11 is 0. The maximum atomic E-state index is 10.0. The Morgan fingerprint density at radius 1 is 0.324 bits per heavy atom. The van der Waals surface area contributed by atoms with Gasteiger partial charge in [0.25, 0.3) is 6.71 Å². The number of hydrogen-bond acceptors (Lipinski definition) is 2. The summed E-state index contributed by atoms with van der Waals surface area (Å²) in [5.41, 5.74) is 19.1. The summed E-state index contributed by atoms with van der Waals surface area (Å²) in [6.07, 6.45) is 0. The fourth-order valence-corrected chi connectivity index (χ4v) is 17.6. The maximum Gasteiger partial charge on any atom is 0.252 e. The molecule has 19 aromatic rings. The lowest BCUT2D eigenvalue weighted by atomic mass is 9.33. The highest BCUT2D eigenvalue weighted by molar-refractivity contribution is 7.00. The largest absolute Gasteiger partial charge is 0.310 e. The van der Waals surface area contributed by atoms with Gasteiger partial charge in [-0.15, -0.1) is 0 Å². The van der Waals surface area contributed by atoms with Crippen molar-refractivity contribution in [3.63, 3.8) is 0 Å². The molecule has 0 aliphatic carbocycles. The molecule has 0 saturated heterocycles. The molecule has 0 bridgehead atoms. The van der Waals surface area contributed by atoms with Crippen molar-refractivity contribution in [3.8, 4) is 61.3 Å². The van der Waals surface area contributed by atoms with E-state index >= 15 is 0 Å². The number of hydrogen-bond donors (Lipinski definition) is 0. The third-order valence-corrected chi connectivity index (χ3v) is 22.5. The van der Waals surface area contributed by atoms with Crippen LogP contribution in [0.3, 0.4) is 0 Å². The van der Waals surface area contributed by atoms with Crippen LogP contribution in [0.5, 0.6) is 0 Å². The molecule has 5 heteroatoms. The van der Waals surface area contributed by atoms with Crippen LogP contribution in [0.25, 0.3) is 143 Å². The molecule has 0 amide bonds. The Labute approximate surface area is 647 Å². The highest BCUT2D eigenvalue weighted by Gasteiger charge is 2.47. The van der Waals surface area contributed by atoms with Gasteiger partial charge in [0.15, 0.2) is 0 Å². The van der Waals surface area contributed by atoms with Gasteiger partial charge < -0.3 is 18.8 Å². The summed E-state index contributed by atoms with van der Waals surface area (Å²) in [5, 5.41) is 7.80. The second-order valence-electron chi connectivity index (χ2n) is 29.9. The molecule has 0 N–H and O–H groups in total. The van der Waals surface area contributed by atoms with E-state index in [1.54, 1.807) is 4.57 Å². The van der Waals surface area contributed by atoms with Gasteiger partial charge in [0.05, 0.1) is 62.5 Å². The minimum Gasteiger partial charge on any atom is -0.310 e. The number of anilines is 6. The number of aromatic nitrogens is 2. The van der Waals surface area contributed by atoms with Crippen molar-refractivity contribution >= 4 is 139 Å². The number of para-hydroxylation sites is 4. The zero-order valence-electron chi connectivity index (χ0n) is 73.0. The van der Waals surface area contributed by atoms with E-state index in [-0.39, 0.29) is 45.4 Å². The lowest BCUT2D eigenvalue weighted by Gasteiger charge is -2.46. The van der Waals surface area contributed by atoms with Gasteiger partial charge in [-0.25, -0.2) is 0 Å². The Hall–Kier alpha value is -13.2. The molecular formula is C103H75BN4. The predicted molar refractivity (Wildman–Crippen MR) is 462 cm³/mol. The second kappa shape index (κ2) is 24.7. The molecule has 3 aromatic heterocycles. The fourth-order valence-electron chi connectivity index (χ4n) is 17.6. The quantitative estimate of drug-likeness (QED) is 0.134. The molecular weight excluding hydrogens is 1300 g/mol. The van der Waals surface area contributed by atoms with Crippen LogP contribution in [0.15, 0.2) is 358 Å². The van der Waals surface area contributed by atoms with Crippen molar-refractivity contribution < 1.29 is 17.8 Å². The van der Waals surface area contributed by atoms with E-state index in [1.807, 2.05) is 48.5 Å². The minimum atomic E-state index is -0.785. The fraction of sp³-hybridized carbons (Fsp3) is 0.0680. The SMILES string of the molecule is [2H]c1c([2H])c([2H])c(-c2ccc3c(c2)N(c2c(-c4ccccc4)cc(C(C)C)cc2-c2ccccc2)c2c4c(cc5c2c2cccc6c7ccccc7c7ccccc7c7ccccc7n5c62)N(c2c(-c5ccccc5)cc(C(C)(C)C)cc2-c2ccccc2)c2cc(-n5c6c([2H])c([2H])c([2H])c([2H])c6c6c([2H])c([2H])c([2H])c([2H])c65)ccc2B34)c([2H])c1[2H]. The summed E-state index contributed by atoms with van der Waals surface area (Å²) in [5.74, 6) is 0.0310. The number of nitrogens with zero attached hydrogens (tertiary/aromatic N) is 4. The molecule has 0 saturated carbocycles. The standard InChI is InChI=1S/C103H75BN4/c1-65(2)72-58-84(67-34-13-7-14-35-67)101(85(59-72)68-36-15-8-16-37-68)108-93-60-71(66-32-11-6-12-33-66)54-56-88(93)104-89-57-55-74(105-90-51-28-26-47-80(90)81-48-27-29-52-91(81)105)63-94(89)107(100-86(69-38-17-9-18-39-69)61-73(103(3,4)5)62-87(100)70-40-19-10-20-41-70)96-64-95-97(102(108)98(96)104)83-50-31-49-82-78-45-24-22-43-76(78)75-42-21-23-44-77(75)79-46-25-30-53-92(79)106(95)99(82)83/h6-65H,1-5H3/i6D,11D,12D,26D,27D,28D,29D,32D,33D,47D,48D,51D,52D. The molecule has 0 atom stereocenters. The van der Waals surface area contributed by atoms with E-state index in [9.17, 15) is 16.4 Å². The Morgan fingerprint density at radius 3 is 1.33 bits per heavy atom. The number of benzene rings is 16. The molecule has 0 radical (unpaired) electrons. The zero-order valence-corrected chi connectivity index (χ0v) is 60.0. The molecule has 21 rings (SSSR count). The smallest absolute Gasteiger partial charge is 0.252 e. The average molecular weight is 1390 g/mol. The Bertz CT molecular complexity index is 7550. The van der Waals surface area contributed by atoms with Gasteiger partial charge in [0, 0.05) is 77.3 Å². The van der Waals surface area contributed by atoms with Crippen molar-refractivity contribution in [2.75, 3.05) is 9.80 Å². The molecule has 0 fully saturated rings. The van der Waals surface area contributed by atoms with Crippen molar-refractivity contribution in [3.05, 3.63) is 369 Å². The molecule has 5 heterocycles. The van der Waals surface area contributed by atoms with Crippen molar-refractivity contribution in [1.82, 2.24) is 8.97 Å². The van der Waals surface area contributed by atoms with E-state index < -0.39 is 78.6 Å². The summed E-state index contributed by atoms with van der Waals surface area (Å²) in [6.45, 7) is 10.3. The number of fused-ring (bicyclic) bond motifs is 18. The number of rotatable bonds is 9. The van der Waals surface area contributed by atoms with Gasteiger partial charge in [0.1, 0.15) is 0 Å². The molecule has 2 aliphatic heterocycles. The van der Waals surface area contributed by atoms with E-state index in [0.29, 0.717) is 22.6 Å². The molecule has 2 aliphatic rings. The van der Waals surface area contributed by atoms with Crippen LogP contribution in [0.2, 0.25) is 0 Å². The van der Waals surface area contributed by atoms with E-state index in [2.05, 4.69) is 279 Å². The zero-order chi connectivity index (χ0) is 83.4. The minimum absolute atomic E-state index is 0.0222. The van der Waals surface area contributed by atoms with Gasteiger partial charge >= 0.3 is 0 Å². The van der Waals surface area contributed by atoms with Gasteiger partial charge in [-0.1, -0.05) is 326 Å². The topological polar surface area (TPSA) is 15.8 Å². The highest BCUT2D eigenvalue weighted by atomic mass is 15.2. The molecule has 510 valence electrons. The van der Waals surface area contributed by atoms with Crippen LogP contribution < -0.4 is 26.2 Å². The molecule has 16 aromatic carbocycles. The van der Waals surface area contributed by atoms with Crippen LogP contribution in [0.4, 0.5) is 34.1 Å². The molecule has 108 heavy (non-hydrogen) atoms. The summed E-state index contributed by atoms with van der Waals surface area (Å²) < 4.78 is 128. The maximum absolute atomic E-state index is 10.0. The molecule has 0 unspecified atom stereocenters. The van der Waals surface area contributed by atoms with Gasteiger partial charge in [-0.2, -0.15) is 0 Å². The predicted octanol–water partition coefficient (Wildman–Crippen LogP) is 26.2. The molecule has 0 spiro atoms. The summed E-state index contributed by atoms with van der Waals surface area (Å²) in [7, 11) is 0. The van der Waals surface area contributed by atoms with E-state index in [1.165, 1.54) is 0 Å². The van der Waals surface area contributed by atoms with Crippen LogP contribution in [-0.4, -0.2) is 15.7 Å². The monoisotopic (exact) mass is 1390 g/mol.